The maximum absolute atomic E-state index is 13.3. The van der Waals surface area contributed by atoms with Crippen LogP contribution >= 0.6 is 11.6 Å². The average Bonchev–Trinajstić information content (AvgIpc) is 3.06. The van der Waals surface area contributed by atoms with Gasteiger partial charge in [-0.15, -0.1) is 0 Å². The Labute approximate surface area is 215 Å². The lowest BCUT2D eigenvalue weighted by Crippen LogP contribution is -2.34. The number of amides is 3. The number of rotatable bonds is 7. The number of aryl methyl sites for hydroxylation is 1. The topological polar surface area (TPSA) is 97.0 Å². The van der Waals surface area contributed by atoms with E-state index in [1.807, 2.05) is 6.92 Å². The van der Waals surface area contributed by atoms with Crippen LogP contribution in [0.15, 0.2) is 47.1 Å². The second kappa shape index (κ2) is 11.0. The fourth-order valence-electron chi connectivity index (χ4n) is 4.52. The van der Waals surface area contributed by atoms with Crippen molar-refractivity contribution < 1.29 is 23.9 Å². The summed E-state index contributed by atoms with van der Waals surface area (Å²) in [6.07, 6.45) is 6.59. The van der Waals surface area contributed by atoms with Gasteiger partial charge in [-0.1, -0.05) is 43.4 Å². The van der Waals surface area contributed by atoms with Gasteiger partial charge in [-0.25, -0.2) is 4.90 Å². The zero-order chi connectivity index (χ0) is 25.8. The van der Waals surface area contributed by atoms with E-state index in [1.54, 1.807) is 36.4 Å². The van der Waals surface area contributed by atoms with Gasteiger partial charge in [0.25, 0.3) is 17.7 Å². The molecule has 1 aliphatic carbocycles. The van der Waals surface area contributed by atoms with Gasteiger partial charge in [0, 0.05) is 23.4 Å². The molecule has 0 radical (unpaired) electrons. The third kappa shape index (κ3) is 5.18. The monoisotopic (exact) mass is 511 g/mol. The molecule has 0 unspecified atom stereocenters. The lowest BCUT2D eigenvalue weighted by molar-refractivity contribution is -0.120. The number of carbonyl (C=O) groups is 3. The number of hydrogen-bond acceptors (Lipinski definition) is 6. The summed E-state index contributed by atoms with van der Waals surface area (Å²) in [6, 6.07) is 10.1. The number of nitrogens with zero attached hydrogens (tertiary/aromatic N) is 1. The minimum Gasteiger partial charge on any atom is -0.497 e. The first-order valence-corrected chi connectivity index (χ1v) is 12.4. The Morgan fingerprint density at radius 2 is 1.69 bits per heavy atom. The standard InChI is InChI=1S/C27H30ClN3O5/c1-16-10-11-17(25(32)29-18-8-6-4-5-7-9-18)14-20(16)30-24-23(28)26(33)31(27(24)34)21-13-12-19(35-2)15-22(21)36-3/h10-15,18,30H,4-9H2,1-3H3,(H,29,32). The molecule has 190 valence electrons. The normalized spacial score (nSPS) is 16.7. The largest absolute Gasteiger partial charge is 0.497 e. The van der Waals surface area contributed by atoms with E-state index in [4.69, 9.17) is 21.1 Å². The van der Waals surface area contributed by atoms with E-state index in [-0.39, 0.29) is 34.1 Å². The molecule has 9 heteroatoms. The van der Waals surface area contributed by atoms with Crippen molar-refractivity contribution in [3.8, 4) is 11.5 Å². The Morgan fingerprint density at radius 3 is 2.36 bits per heavy atom. The smallest absolute Gasteiger partial charge is 0.283 e. The molecule has 2 aromatic carbocycles. The number of nitrogens with one attached hydrogen (secondary N) is 2. The number of anilines is 2. The molecule has 0 bridgehead atoms. The fraction of sp³-hybridized carbons (Fsp3) is 0.370. The van der Waals surface area contributed by atoms with Crippen LogP contribution in [0.2, 0.25) is 0 Å². The van der Waals surface area contributed by atoms with Gasteiger partial charge in [0.05, 0.1) is 19.9 Å². The maximum Gasteiger partial charge on any atom is 0.283 e. The summed E-state index contributed by atoms with van der Waals surface area (Å²) in [4.78, 5) is 40.2. The van der Waals surface area contributed by atoms with Crippen LogP contribution in [-0.4, -0.2) is 38.0 Å². The van der Waals surface area contributed by atoms with E-state index < -0.39 is 11.8 Å². The highest BCUT2D eigenvalue weighted by Gasteiger charge is 2.40. The molecular weight excluding hydrogens is 482 g/mol. The molecule has 0 aromatic heterocycles. The minimum absolute atomic E-state index is 0.0658. The van der Waals surface area contributed by atoms with Crippen LogP contribution in [-0.2, 0) is 9.59 Å². The predicted molar refractivity (Wildman–Crippen MR) is 139 cm³/mol. The Hall–Kier alpha value is -3.52. The lowest BCUT2D eigenvalue weighted by Gasteiger charge is -2.19. The molecule has 0 spiro atoms. The van der Waals surface area contributed by atoms with Gasteiger partial charge in [-0.2, -0.15) is 0 Å². The zero-order valence-corrected chi connectivity index (χ0v) is 21.4. The van der Waals surface area contributed by atoms with Gasteiger partial charge < -0.3 is 20.1 Å². The summed E-state index contributed by atoms with van der Waals surface area (Å²) in [5, 5.41) is 5.89. The lowest BCUT2D eigenvalue weighted by atomic mass is 10.1. The van der Waals surface area contributed by atoms with Gasteiger partial charge in [0.1, 0.15) is 22.2 Å². The summed E-state index contributed by atoms with van der Waals surface area (Å²) in [6.45, 7) is 1.84. The molecule has 1 heterocycles. The van der Waals surface area contributed by atoms with Crippen LogP contribution in [0, 0.1) is 6.92 Å². The van der Waals surface area contributed by atoms with Crippen molar-refractivity contribution in [2.45, 2.75) is 51.5 Å². The minimum atomic E-state index is -0.674. The Morgan fingerprint density at radius 1 is 0.972 bits per heavy atom. The van der Waals surface area contributed by atoms with Crippen LogP contribution in [0.5, 0.6) is 11.5 Å². The number of hydrogen-bond donors (Lipinski definition) is 2. The Balaban J connectivity index is 1.56. The highest BCUT2D eigenvalue weighted by atomic mass is 35.5. The molecular formula is C27H30ClN3O5. The van der Waals surface area contributed by atoms with E-state index in [0.717, 1.165) is 36.1 Å². The van der Waals surface area contributed by atoms with Gasteiger partial charge in [-0.3, -0.25) is 14.4 Å². The maximum atomic E-state index is 13.3. The molecule has 0 atom stereocenters. The third-order valence-electron chi connectivity index (χ3n) is 6.60. The van der Waals surface area contributed by atoms with E-state index >= 15 is 0 Å². The summed E-state index contributed by atoms with van der Waals surface area (Å²) in [7, 11) is 2.95. The quantitative estimate of drug-likeness (QED) is 0.405. The first-order valence-electron chi connectivity index (χ1n) is 12.0. The molecule has 36 heavy (non-hydrogen) atoms. The number of ether oxygens (including phenoxy) is 2. The molecule has 2 aromatic rings. The molecule has 0 saturated heterocycles. The van der Waals surface area contributed by atoms with Crippen molar-refractivity contribution in [1.82, 2.24) is 5.32 Å². The second-order valence-corrected chi connectivity index (χ2v) is 9.37. The number of imide groups is 1. The van der Waals surface area contributed by atoms with E-state index in [1.165, 1.54) is 27.1 Å². The molecule has 8 nitrogen and oxygen atoms in total. The SMILES string of the molecule is COc1ccc(N2C(=O)C(Cl)=C(Nc3cc(C(=O)NC4CCCCCC4)ccc3C)C2=O)c(OC)c1. The van der Waals surface area contributed by atoms with Crippen molar-refractivity contribution in [3.05, 3.63) is 58.3 Å². The zero-order valence-electron chi connectivity index (χ0n) is 20.7. The average molecular weight is 512 g/mol. The van der Waals surface area contributed by atoms with Gasteiger partial charge >= 0.3 is 0 Å². The Kier molecular flexibility index (Phi) is 7.84. The van der Waals surface area contributed by atoms with Crippen molar-refractivity contribution in [1.29, 1.82) is 0 Å². The third-order valence-corrected chi connectivity index (χ3v) is 6.96. The molecule has 4 rings (SSSR count). The first-order chi connectivity index (χ1) is 17.3. The van der Waals surface area contributed by atoms with Crippen molar-refractivity contribution in [2.75, 3.05) is 24.4 Å². The molecule has 2 N–H and O–H groups in total. The summed E-state index contributed by atoms with van der Waals surface area (Å²) < 4.78 is 10.6. The molecule has 1 fully saturated rings. The summed E-state index contributed by atoms with van der Waals surface area (Å²) in [5.41, 5.74) is 1.95. The molecule has 3 amide bonds. The summed E-state index contributed by atoms with van der Waals surface area (Å²) >= 11 is 6.33. The van der Waals surface area contributed by atoms with Crippen LogP contribution < -0.4 is 25.0 Å². The van der Waals surface area contributed by atoms with E-state index in [0.29, 0.717) is 17.0 Å². The van der Waals surface area contributed by atoms with Crippen molar-refractivity contribution in [3.63, 3.8) is 0 Å². The highest BCUT2D eigenvalue weighted by Crippen LogP contribution is 2.38. The number of carbonyl (C=O) groups excluding carboxylic acids is 3. The van der Waals surface area contributed by atoms with Crippen LogP contribution in [0.25, 0.3) is 0 Å². The molecule has 2 aliphatic rings. The summed E-state index contributed by atoms with van der Waals surface area (Å²) in [5.74, 6) is -0.658. The van der Waals surface area contributed by atoms with Gasteiger partial charge in [-0.05, 0) is 49.6 Å². The van der Waals surface area contributed by atoms with E-state index in [9.17, 15) is 14.4 Å². The van der Waals surface area contributed by atoms with Crippen molar-refractivity contribution in [2.24, 2.45) is 0 Å². The van der Waals surface area contributed by atoms with Crippen LogP contribution in [0.3, 0.4) is 0 Å². The van der Waals surface area contributed by atoms with E-state index in [2.05, 4.69) is 10.6 Å². The second-order valence-electron chi connectivity index (χ2n) is 8.99. The van der Waals surface area contributed by atoms with Crippen LogP contribution in [0.1, 0.15) is 54.4 Å². The predicted octanol–water partition coefficient (Wildman–Crippen LogP) is 4.90. The van der Waals surface area contributed by atoms with Crippen molar-refractivity contribution >= 4 is 40.7 Å². The number of methoxy groups -OCH3 is 2. The van der Waals surface area contributed by atoms with Gasteiger partial charge in [0.15, 0.2) is 0 Å². The number of halogens is 1. The Bertz CT molecular complexity index is 1220. The van der Waals surface area contributed by atoms with Gasteiger partial charge in [0.2, 0.25) is 0 Å². The molecule has 1 saturated carbocycles. The molecule has 1 aliphatic heterocycles. The highest BCUT2D eigenvalue weighted by molar-refractivity contribution is 6.53. The first kappa shape index (κ1) is 25.6. The fourth-order valence-corrected chi connectivity index (χ4v) is 4.74. The van der Waals surface area contributed by atoms with Crippen LogP contribution in [0.4, 0.5) is 11.4 Å². The number of benzene rings is 2.